The molecule has 1 saturated heterocycles. The summed E-state index contributed by atoms with van der Waals surface area (Å²) in [5, 5.41) is 11.0. The normalized spacial score (nSPS) is 18.5. The molecule has 3 rings (SSSR count). The van der Waals surface area contributed by atoms with Crippen LogP contribution >= 0.6 is 0 Å². The molecule has 1 aliphatic heterocycles. The Labute approximate surface area is 123 Å². The molecule has 21 heavy (non-hydrogen) atoms. The van der Waals surface area contributed by atoms with Gasteiger partial charge in [0.1, 0.15) is 9.84 Å². The van der Waals surface area contributed by atoms with Gasteiger partial charge in [-0.1, -0.05) is 0 Å². The second-order valence-corrected chi connectivity index (χ2v) is 7.65. The van der Waals surface area contributed by atoms with E-state index in [1.165, 1.54) is 6.39 Å². The minimum Gasteiger partial charge on any atom is -0.423 e. The zero-order chi connectivity index (χ0) is 14.9. The molecule has 0 saturated carbocycles. The molecule has 1 N–H and O–H groups in total. The fraction of sp³-hybridized carbons (Fsp3) is 0.429. The number of aryl methyl sites for hydroxylation is 1. The molecule has 1 aliphatic rings. The SMILES string of the molecule is Cc1cc(-c2nnco2)ccc1NC1CCS(=O)(=O)CC1. The Hall–Kier alpha value is -1.89. The van der Waals surface area contributed by atoms with Crippen molar-refractivity contribution >= 4 is 15.5 Å². The number of hydrogen-bond acceptors (Lipinski definition) is 6. The number of hydrogen-bond donors (Lipinski definition) is 1. The molecule has 0 spiro atoms. The van der Waals surface area contributed by atoms with E-state index in [4.69, 9.17) is 4.42 Å². The Morgan fingerprint density at radius 1 is 1.29 bits per heavy atom. The summed E-state index contributed by atoms with van der Waals surface area (Å²) in [7, 11) is -2.82. The van der Waals surface area contributed by atoms with Crippen molar-refractivity contribution in [1.82, 2.24) is 10.2 Å². The first-order valence-electron chi connectivity index (χ1n) is 6.88. The molecule has 1 aromatic heterocycles. The van der Waals surface area contributed by atoms with Gasteiger partial charge in [0, 0.05) is 17.3 Å². The van der Waals surface area contributed by atoms with Gasteiger partial charge in [0.25, 0.3) is 0 Å². The number of rotatable bonds is 3. The van der Waals surface area contributed by atoms with Gasteiger partial charge in [-0.25, -0.2) is 8.42 Å². The predicted molar refractivity (Wildman–Crippen MR) is 79.8 cm³/mol. The van der Waals surface area contributed by atoms with Crippen LogP contribution in [0.5, 0.6) is 0 Å². The molecule has 0 bridgehead atoms. The highest BCUT2D eigenvalue weighted by molar-refractivity contribution is 7.91. The van der Waals surface area contributed by atoms with E-state index in [0.29, 0.717) is 18.7 Å². The highest BCUT2D eigenvalue weighted by Gasteiger charge is 2.23. The van der Waals surface area contributed by atoms with Crippen molar-refractivity contribution in [2.24, 2.45) is 0 Å². The van der Waals surface area contributed by atoms with Gasteiger partial charge in [-0.15, -0.1) is 10.2 Å². The third-order valence-corrected chi connectivity index (χ3v) is 5.46. The average Bonchev–Trinajstić information content (AvgIpc) is 2.97. The van der Waals surface area contributed by atoms with Crippen LogP contribution in [-0.2, 0) is 9.84 Å². The summed E-state index contributed by atoms with van der Waals surface area (Å²) in [5.41, 5.74) is 2.96. The largest absolute Gasteiger partial charge is 0.423 e. The summed E-state index contributed by atoms with van der Waals surface area (Å²) in [5.74, 6) is 1.03. The lowest BCUT2D eigenvalue weighted by Crippen LogP contribution is -2.32. The molecule has 112 valence electrons. The number of aromatic nitrogens is 2. The molecular formula is C14H17N3O3S. The topological polar surface area (TPSA) is 85.1 Å². The molecule has 0 radical (unpaired) electrons. The van der Waals surface area contributed by atoms with Crippen molar-refractivity contribution in [3.63, 3.8) is 0 Å². The third-order valence-electron chi connectivity index (χ3n) is 3.75. The number of anilines is 1. The van der Waals surface area contributed by atoms with Gasteiger partial charge in [0.15, 0.2) is 0 Å². The van der Waals surface area contributed by atoms with Crippen molar-refractivity contribution < 1.29 is 12.8 Å². The minimum atomic E-state index is -2.82. The van der Waals surface area contributed by atoms with Crippen molar-refractivity contribution in [2.45, 2.75) is 25.8 Å². The summed E-state index contributed by atoms with van der Waals surface area (Å²) < 4.78 is 28.1. The first-order valence-corrected chi connectivity index (χ1v) is 8.70. The molecule has 2 heterocycles. The van der Waals surface area contributed by atoms with Gasteiger partial charge in [-0.3, -0.25) is 0 Å². The molecule has 7 heteroatoms. The van der Waals surface area contributed by atoms with Gasteiger partial charge in [0.2, 0.25) is 12.3 Å². The van der Waals surface area contributed by atoms with E-state index in [1.807, 2.05) is 25.1 Å². The molecule has 0 unspecified atom stereocenters. The van der Waals surface area contributed by atoms with Gasteiger partial charge >= 0.3 is 0 Å². The fourth-order valence-electron chi connectivity index (χ4n) is 2.51. The highest BCUT2D eigenvalue weighted by atomic mass is 32.2. The predicted octanol–water partition coefficient (Wildman–Crippen LogP) is 2.03. The van der Waals surface area contributed by atoms with Crippen LogP contribution in [0.15, 0.2) is 29.0 Å². The van der Waals surface area contributed by atoms with E-state index in [2.05, 4.69) is 15.5 Å². The van der Waals surface area contributed by atoms with E-state index < -0.39 is 9.84 Å². The minimum absolute atomic E-state index is 0.210. The van der Waals surface area contributed by atoms with Crippen LogP contribution in [0, 0.1) is 6.92 Å². The lowest BCUT2D eigenvalue weighted by atomic mass is 10.1. The molecule has 6 nitrogen and oxygen atoms in total. The summed E-state index contributed by atoms with van der Waals surface area (Å²) in [6.45, 7) is 2.00. The Morgan fingerprint density at radius 3 is 2.67 bits per heavy atom. The van der Waals surface area contributed by atoms with Crippen LogP contribution in [0.3, 0.4) is 0 Å². The van der Waals surface area contributed by atoms with E-state index in [0.717, 1.165) is 16.8 Å². The summed E-state index contributed by atoms with van der Waals surface area (Å²) >= 11 is 0. The number of nitrogens with one attached hydrogen (secondary N) is 1. The van der Waals surface area contributed by atoms with Gasteiger partial charge < -0.3 is 9.73 Å². The Morgan fingerprint density at radius 2 is 2.05 bits per heavy atom. The maximum absolute atomic E-state index is 11.4. The van der Waals surface area contributed by atoms with Crippen LogP contribution in [-0.4, -0.2) is 36.2 Å². The number of sulfone groups is 1. The zero-order valence-corrected chi connectivity index (χ0v) is 12.6. The molecule has 1 aromatic carbocycles. The highest BCUT2D eigenvalue weighted by Crippen LogP contribution is 2.25. The van der Waals surface area contributed by atoms with Gasteiger partial charge in [0.05, 0.1) is 11.5 Å². The molecule has 0 amide bonds. The van der Waals surface area contributed by atoms with Crippen LogP contribution in [0.1, 0.15) is 18.4 Å². The third kappa shape index (κ3) is 3.24. The monoisotopic (exact) mass is 307 g/mol. The second kappa shape index (κ2) is 5.48. The van der Waals surface area contributed by atoms with E-state index in [1.54, 1.807) is 0 Å². The molecule has 2 aromatic rings. The summed E-state index contributed by atoms with van der Waals surface area (Å²) in [6, 6.07) is 6.08. The number of benzene rings is 1. The van der Waals surface area contributed by atoms with Crippen molar-refractivity contribution in [3.05, 3.63) is 30.2 Å². The number of nitrogens with zero attached hydrogens (tertiary/aromatic N) is 2. The summed E-state index contributed by atoms with van der Waals surface area (Å²) in [6.07, 6.45) is 2.62. The Balaban J connectivity index is 1.72. The van der Waals surface area contributed by atoms with E-state index >= 15 is 0 Å². The molecule has 1 fully saturated rings. The zero-order valence-electron chi connectivity index (χ0n) is 11.7. The smallest absolute Gasteiger partial charge is 0.247 e. The van der Waals surface area contributed by atoms with Crippen molar-refractivity contribution in [1.29, 1.82) is 0 Å². The van der Waals surface area contributed by atoms with Gasteiger partial charge in [-0.2, -0.15) is 0 Å². The van der Waals surface area contributed by atoms with Crippen molar-refractivity contribution in [2.75, 3.05) is 16.8 Å². The fourth-order valence-corrected chi connectivity index (χ4v) is 4.00. The van der Waals surface area contributed by atoms with Crippen LogP contribution in [0.25, 0.3) is 11.5 Å². The van der Waals surface area contributed by atoms with Crippen LogP contribution in [0.4, 0.5) is 5.69 Å². The standard InChI is InChI=1S/C14H17N3O3S/c1-10-8-11(14-17-15-9-20-14)2-3-13(10)16-12-4-6-21(18,19)7-5-12/h2-3,8-9,12,16H,4-7H2,1H3. The van der Waals surface area contributed by atoms with Crippen LogP contribution in [0.2, 0.25) is 0 Å². The summed E-state index contributed by atoms with van der Waals surface area (Å²) in [4.78, 5) is 0. The lowest BCUT2D eigenvalue weighted by molar-refractivity contribution is 0.559. The van der Waals surface area contributed by atoms with Crippen LogP contribution < -0.4 is 5.32 Å². The van der Waals surface area contributed by atoms with Crippen molar-refractivity contribution in [3.8, 4) is 11.5 Å². The van der Waals surface area contributed by atoms with E-state index in [-0.39, 0.29) is 17.5 Å². The first kappa shape index (κ1) is 14.1. The first-order chi connectivity index (χ1) is 10.0. The van der Waals surface area contributed by atoms with Gasteiger partial charge in [-0.05, 0) is 43.5 Å². The maximum Gasteiger partial charge on any atom is 0.247 e. The molecule has 0 atom stereocenters. The van der Waals surface area contributed by atoms with E-state index in [9.17, 15) is 8.42 Å². The lowest BCUT2D eigenvalue weighted by Gasteiger charge is -2.25. The maximum atomic E-state index is 11.4. The molecule has 0 aliphatic carbocycles. The second-order valence-electron chi connectivity index (χ2n) is 5.34. The average molecular weight is 307 g/mol. The Kier molecular flexibility index (Phi) is 3.67. The Bertz CT molecular complexity index is 712. The quantitative estimate of drug-likeness (QED) is 0.934. The molecular weight excluding hydrogens is 290 g/mol.